The van der Waals surface area contributed by atoms with Crippen molar-refractivity contribution in [3.8, 4) is 0 Å². The summed E-state index contributed by atoms with van der Waals surface area (Å²) in [5.41, 5.74) is 4.81. The summed E-state index contributed by atoms with van der Waals surface area (Å²) >= 11 is 7.05. The van der Waals surface area contributed by atoms with Crippen LogP contribution in [0.2, 0.25) is 4.34 Å². The Morgan fingerprint density at radius 3 is 2.67 bits per heavy atom. The van der Waals surface area contributed by atoms with Gasteiger partial charge in [0.15, 0.2) is 5.69 Å². The van der Waals surface area contributed by atoms with E-state index >= 15 is 0 Å². The number of halogens is 1. The molecule has 0 unspecified atom stereocenters. The van der Waals surface area contributed by atoms with E-state index in [2.05, 4.69) is 4.98 Å². The number of nitrogens with one attached hydrogen (secondary N) is 1. The zero-order valence-corrected chi connectivity index (χ0v) is 17.0. The summed E-state index contributed by atoms with van der Waals surface area (Å²) in [6.07, 6.45) is 0.490. The second kappa shape index (κ2) is 9.20. The van der Waals surface area contributed by atoms with Crippen LogP contribution in [0, 0.1) is 5.92 Å². The smallest absolute Gasteiger partial charge is 0.330 e. The molecule has 2 aromatic heterocycles. The number of hydrogen-bond acceptors (Lipinski definition) is 6. The van der Waals surface area contributed by atoms with Gasteiger partial charge in [0, 0.05) is 26.8 Å². The van der Waals surface area contributed by atoms with Crippen LogP contribution in [0.3, 0.4) is 0 Å². The van der Waals surface area contributed by atoms with Crippen LogP contribution in [0.5, 0.6) is 0 Å². The minimum Gasteiger partial charge on any atom is -0.385 e. The first-order chi connectivity index (χ1) is 12.8. The number of anilines is 2. The first-order valence-corrected chi connectivity index (χ1v) is 9.64. The molecule has 0 bridgehead atoms. The highest BCUT2D eigenvalue weighted by Gasteiger charge is 2.26. The summed E-state index contributed by atoms with van der Waals surface area (Å²) in [5.74, 6) is -0.321. The Hall–Kier alpha value is -2.10. The predicted octanol–water partition coefficient (Wildman–Crippen LogP) is 2.17. The van der Waals surface area contributed by atoms with Gasteiger partial charge in [-0.2, -0.15) is 0 Å². The molecule has 0 spiro atoms. The lowest BCUT2D eigenvalue weighted by Crippen LogP contribution is -2.42. The van der Waals surface area contributed by atoms with E-state index in [1.165, 1.54) is 9.47 Å². The van der Waals surface area contributed by atoms with Gasteiger partial charge in [-0.25, -0.2) is 4.79 Å². The molecule has 0 saturated heterocycles. The number of ether oxygens (including phenoxy) is 1. The van der Waals surface area contributed by atoms with Crippen LogP contribution < -0.4 is 21.9 Å². The molecule has 0 aromatic carbocycles. The summed E-state index contributed by atoms with van der Waals surface area (Å²) in [5, 5.41) is 0. The van der Waals surface area contributed by atoms with Crippen molar-refractivity contribution in [2.24, 2.45) is 5.92 Å². The molecule has 2 heterocycles. The second-order valence-electron chi connectivity index (χ2n) is 6.40. The highest BCUT2D eigenvalue weighted by atomic mass is 35.5. The number of carbonyl (C=O) groups excluding carboxylic acids is 1. The van der Waals surface area contributed by atoms with E-state index in [1.807, 2.05) is 13.8 Å². The molecular weight excluding hydrogens is 392 g/mol. The molecule has 148 valence electrons. The monoisotopic (exact) mass is 414 g/mol. The van der Waals surface area contributed by atoms with Crippen LogP contribution in [0.4, 0.5) is 11.5 Å². The summed E-state index contributed by atoms with van der Waals surface area (Å²) in [7, 11) is 1.55. The van der Waals surface area contributed by atoms with Crippen molar-refractivity contribution >= 4 is 40.4 Å². The molecular formula is C17H23ClN4O4S. The fourth-order valence-electron chi connectivity index (χ4n) is 2.63. The van der Waals surface area contributed by atoms with Crippen LogP contribution in [-0.2, 0) is 11.3 Å². The normalized spacial score (nSPS) is 11.1. The lowest BCUT2D eigenvalue weighted by molar-refractivity contribution is 0.0987. The van der Waals surface area contributed by atoms with Gasteiger partial charge in [-0.05, 0) is 24.5 Å². The molecule has 27 heavy (non-hydrogen) atoms. The van der Waals surface area contributed by atoms with Crippen LogP contribution in [-0.4, -0.2) is 35.7 Å². The van der Waals surface area contributed by atoms with Crippen molar-refractivity contribution in [3.05, 3.63) is 42.2 Å². The van der Waals surface area contributed by atoms with Crippen LogP contribution in [0.15, 0.2) is 21.7 Å². The maximum atomic E-state index is 13.0. The van der Waals surface area contributed by atoms with Gasteiger partial charge in [-0.3, -0.25) is 24.0 Å². The molecule has 0 aliphatic heterocycles. The number of amides is 1. The van der Waals surface area contributed by atoms with E-state index in [4.69, 9.17) is 22.1 Å². The molecule has 0 atom stereocenters. The first kappa shape index (κ1) is 21.2. The molecule has 3 N–H and O–H groups in total. The molecule has 0 aliphatic carbocycles. The number of nitrogens with two attached hydrogens (primary N) is 1. The molecule has 1 amide bonds. The van der Waals surface area contributed by atoms with Crippen molar-refractivity contribution in [3.63, 3.8) is 0 Å². The van der Waals surface area contributed by atoms with Gasteiger partial charge in [-0.15, -0.1) is 11.3 Å². The first-order valence-electron chi connectivity index (χ1n) is 8.45. The third kappa shape index (κ3) is 5.00. The maximum absolute atomic E-state index is 13.0. The highest BCUT2D eigenvalue weighted by Crippen LogP contribution is 2.26. The number of rotatable bonds is 8. The number of hydrogen-bond donors (Lipinski definition) is 2. The van der Waals surface area contributed by atoms with E-state index < -0.39 is 17.2 Å². The van der Waals surface area contributed by atoms with E-state index in [9.17, 15) is 14.4 Å². The molecule has 8 nitrogen and oxygen atoms in total. The molecule has 0 fully saturated rings. The van der Waals surface area contributed by atoms with E-state index in [-0.39, 0.29) is 24.0 Å². The fraction of sp³-hybridized carbons (Fsp3) is 0.471. The number of nitrogens with zero attached hydrogens (tertiary/aromatic N) is 2. The molecule has 2 aromatic rings. The Balaban J connectivity index is 2.56. The quantitative estimate of drug-likeness (QED) is 0.643. The third-order valence-electron chi connectivity index (χ3n) is 3.79. The van der Waals surface area contributed by atoms with Gasteiger partial charge in [0.1, 0.15) is 5.82 Å². The standard InChI is InChI=1S/C17H23ClN4O4S/c1-10(2)9-22-14(19)13(15(23)20-17(22)25)21(7-4-8-26-3)16(24)11-5-6-12(18)27-11/h5-6,10H,4,7-9,19H2,1-3H3,(H,20,23,25). The van der Waals surface area contributed by atoms with Gasteiger partial charge in [-0.1, -0.05) is 25.4 Å². The van der Waals surface area contributed by atoms with Gasteiger partial charge in [0.25, 0.3) is 11.5 Å². The Morgan fingerprint density at radius 2 is 2.11 bits per heavy atom. The van der Waals surface area contributed by atoms with Gasteiger partial charge in [0.2, 0.25) is 0 Å². The Bertz CT molecular complexity index is 918. The number of methoxy groups -OCH3 is 1. The zero-order valence-electron chi connectivity index (χ0n) is 15.5. The molecule has 0 aliphatic rings. The minimum atomic E-state index is -0.703. The number of H-pyrrole nitrogens is 1. The second-order valence-corrected chi connectivity index (χ2v) is 8.12. The summed E-state index contributed by atoms with van der Waals surface area (Å²) in [4.78, 5) is 41.6. The average molecular weight is 415 g/mol. The van der Waals surface area contributed by atoms with Crippen LogP contribution in [0.1, 0.15) is 29.9 Å². The van der Waals surface area contributed by atoms with Crippen molar-refractivity contribution in [2.45, 2.75) is 26.8 Å². The maximum Gasteiger partial charge on any atom is 0.330 e. The number of carbonyl (C=O) groups is 1. The molecule has 0 radical (unpaired) electrons. The number of aromatic amines is 1. The Morgan fingerprint density at radius 1 is 1.41 bits per heavy atom. The van der Waals surface area contributed by atoms with Crippen molar-refractivity contribution in [2.75, 3.05) is 30.9 Å². The number of thiophene rings is 1. The third-order valence-corrected chi connectivity index (χ3v) is 5.01. The molecule has 2 rings (SSSR count). The predicted molar refractivity (Wildman–Crippen MR) is 108 cm³/mol. The van der Waals surface area contributed by atoms with E-state index in [1.54, 1.807) is 19.2 Å². The number of aromatic nitrogens is 2. The largest absolute Gasteiger partial charge is 0.385 e. The summed E-state index contributed by atoms with van der Waals surface area (Å²) in [6.45, 7) is 4.77. The molecule has 10 heteroatoms. The molecule has 0 saturated carbocycles. The van der Waals surface area contributed by atoms with Crippen molar-refractivity contribution in [1.82, 2.24) is 9.55 Å². The van der Waals surface area contributed by atoms with E-state index in [0.717, 1.165) is 11.3 Å². The van der Waals surface area contributed by atoms with Gasteiger partial charge in [0.05, 0.1) is 9.21 Å². The lowest BCUT2D eigenvalue weighted by atomic mass is 10.2. The Kier molecular flexibility index (Phi) is 7.23. The van der Waals surface area contributed by atoms with E-state index in [0.29, 0.717) is 28.8 Å². The van der Waals surface area contributed by atoms with Crippen LogP contribution in [0.25, 0.3) is 0 Å². The van der Waals surface area contributed by atoms with Crippen molar-refractivity contribution < 1.29 is 9.53 Å². The lowest BCUT2D eigenvalue weighted by Gasteiger charge is -2.24. The minimum absolute atomic E-state index is 0.0362. The Labute approximate surface area is 165 Å². The van der Waals surface area contributed by atoms with Gasteiger partial charge < -0.3 is 10.5 Å². The van der Waals surface area contributed by atoms with Gasteiger partial charge >= 0.3 is 5.69 Å². The summed E-state index contributed by atoms with van der Waals surface area (Å²) < 4.78 is 6.78. The highest BCUT2D eigenvalue weighted by molar-refractivity contribution is 7.18. The zero-order chi connectivity index (χ0) is 20.1. The fourth-order valence-corrected chi connectivity index (χ4v) is 3.62. The SMILES string of the molecule is COCCCN(C(=O)c1ccc(Cl)s1)c1c(N)n(CC(C)C)c(=O)[nH]c1=O. The number of nitrogen functional groups attached to an aromatic ring is 1. The summed E-state index contributed by atoms with van der Waals surface area (Å²) in [6, 6.07) is 3.20. The van der Waals surface area contributed by atoms with Crippen LogP contribution >= 0.6 is 22.9 Å². The average Bonchev–Trinajstić information content (AvgIpc) is 3.03. The van der Waals surface area contributed by atoms with Crippen molar-refractivity contribution in [1.29, 1.82) is 0 Å². The topological polar surface area (TPSA) is 110 Å².